The number of piperazine rings is 1. The van der Waals surface area contributed by atoms with E-state index in [-0.39, 0.29) is 16.8 Å². The minimum Gasteiger partial charge on any atom is -0.339 e. The molecule has 1 aliphatic heterocycles. The molecule has 1 saturated heterocycles. The SMILES string of the molecule is CC(Sc1ccccc1[N+](=O)[O-])C(=O)N1CCNCC1. The maximum atomic E-state index is 12.3. The highest BCUT2D eigenvalue weighted by Gasteiger charge is 2.25. The van der Waals surface area contributed by atoms with Gasteiger partial charge in [-0.1, -0.05) is 12.1 Å². The molecule has 1 fully saturated rings. The van der Waals surface area contributed by atoms with Gasteiger partial charge in [0, 0.05) is 32.2 Å². The first-order valence-electron chi connectivity index (χ1n) is 6.49. The van der Waals surface area contributed by atoms with Gasteiger partial charge in [-0.25, -0.2) is 0 Å². The molecule has 7 heteroatoms. The van der Waals surface area contributed by atoms with E-state index in [2.05, 4.69) is 5.32 Å². The lowest BCUT2D eigenvalue weighted by Crippen LogP contribution is -2.48. The molecule has 0 aliphatic carbocycles. The predicted molar refractivity (Wildman–Crippen MR) is 77.9 cm³/mol. The average molecular weight is 295 g/mol. The number of para-hydroxylation sites is 1. The lowest BCUT2D eigenvalue weighted by Gasteiger charge is -2.29. The van der Waals surface area contributed by atoms with Crippen molar-refractivity contribution in [3.8, 4) is 0 Å². The van der Waals surface area contributed by atoms with Crippen LogP contribution in [0.15, 0.2) is 29.2 Å². The fourth-order valence-corrected chi connectivity index (χ4v) is 3.14. The van der Waals surface area contributed by atoms with Gasteiger partial charge >= 0.3 is 0 Å². The standard InChI is InChI=1S/C13H17N3O3S/c1-10(13(17)15-8-6-14-7-9-15)20-12-5-3-2-4-11(12)16(18)19/h2-5,10,14H,6-9H2,1H3. The summed E-state index contributed by atoms with van der Waals surface area (Å²) in [4.78, 5) is 25.2. The van der Waals surface area contributed by atoms with Gasteiger partial charge in [-0.15, -0.1) is 11.8 Å². The molecule has 0 spiro atoms. The summed E-state index contributed by atoms with van der Waals surface area (Å²) in [5.74, 6) is 0.0367. The van der Waals surface area contributed by atoms with Gasteiger partial charge in [0.05, 0.1) is 15.1 Å². The van der Waals surface area contributed by atoms with Gasteiger partial charge in [-0.2, -0.15) is 0 Å². The monoisotopic (exact) mass is 295 g/mol. The summed E-state index contributed by atoms with van der Waals surface area (Å²) in [6, 6.07) is 6.52. The zero-order valence-electron chi connectivity index (χ0n) is 11.2. The molecular formula is C13H17N3O3S. The van der Waals surface area contributed by atoms with E-state index in [9.17, 15) is 14.9 Å². The third-order valence-electron chi connectivity index (χ3n) is 3.14. The second kappa shape index (κ2) is 6.71. The number of carbonyl (C=O) groups excluding carboxylic acids is 1. The van der Waals surface area contributed by atoms with Crippen LogP contribution in [0.2, 0.25) is 0 Å². The number of nitro groups is 1. The van der Waals surface area contributed by atoms with E-state index in [1.54, 1.807) is 25.1 Å². The topological polar surface area (TPSA) is 75.5 Å². The van der Waals surface area contributed by atoms with Gasteiger partial charge < -0.3 is 10.2 Å². The second-order valence-corrected chi connectivity index (χ2v) is 5.94. The summed E-state index contributed by atoms with van der Waals surface area (Å²) < 4.78 is 0. The van der Waals surface area contributed by atoms with Crippen molar-refractivity contribution in [3.63, 3.8) is 0 Å². The highest BCUT2D eigenvalue weighted by Crippen LogP contribution is 2.32. The molecule has 1 N–H and O–H groups in total. The van der Waals surface area contributed by atoms with Crippen LogP contribution in [0.25, 0.3) is 0 Å². The lowest BCUT2D eigenvalue weighted by atomic mass is 10.3. The predicted octanol–water partition coefficient (Wildman–Crippen LogP) is 1.51. The van der Waals surface area contributed by atoms with Crippen molar-refractivity contribution in [3.05, 3.63) is 34.4 Å². The Morgan fingerprint density at radius 2 is 2.05 bits per heavy atom. The number of nitrogens with one attached hydrogen (secondary N) is 1. The fraction of sp³-hybridized carbons (Fsp3) is 0.462. The number of nitro benzene ring substituents is 1. The fourth-order valence-electron chi connectivity index (χ4n) is 2.09. The van der Waals surface area contributed by atoms with Crippen molar-refractivity contribution in [1.29, 1.82) is 0 Å². The summed E-state index contributed by atoms with van der Waals surface area (Å²) in [7, 11) is 0. The van der Waals surface area contributed by atoms with Crippen molar-refractivity contribution in [1.82, 2.24) is 10.2 Å². The third-order valence-corrected chi connectivity index (χ3v) is 4.30. The van der Waals surface area contributed by atoms with Gasteiger partial charge in [0.1, 0.15) is 0 Å². The molecule has 1 amide bonds. The molecule has 0 saturated carbocycles. The van der Waals surface area contributed by atoms with E-state index in [4.69, 9.17) is 0 Å². The Hall–Kier alpha value is -1.60. The van der Waals surface area contributed by atoms with E-state index in [1.807, 2.05) is 4.90 Å². The highest BCUT2D eigenvalue weighted by atomic mass is 32.2. The first-order valence-corrected chi connectivity index (χ1v) is 7.37. The molecule has 20 heavy (non-hydrogen) atoms. The molecule has 0 bridgehead atoms. The number of carbonyl (C=O) groups is 1. The Balaban J connectivity index is 2.05. The quantitative estimate of drug-likeness (QED) is 0.517. The van der Waals surface area contributed by atoms with Crippen LogP contribution >= 0.6 is 11.8 Å². The summed E-state index contributed by atoms with van der Waals surface area (Å²) >= 11 is 1.25. The van der Waals surface area contributed by atoms with Crippen LogP contribution in [-0.4, -0.2) is 47.2 Å². The number of nitrogens with zero attached hydrogens (tertiary/aromatic N) is 2. The minimum atomic E-state index is -0.412. The van der Waals surface area contributed by atoms with Crippen molar-refractivity contribution in [2.24, 2.45) is 0 Å². The van der Waals surface area contributed by atoms with Crippen molar-refractivity contribution >= 4 is 23.4 Å². The maximum Gasteiger partial charge on any atom is 0.282 e. The van der Waals surface area contributed by atoms with Crippen LogP contribution in [0.1, 0.15) is 6.92 Å². The number of benzene rings is 1. The normalized spacial score (nSPS) is 16.8. The molecular weight excluding hydrogens is 278 g/mol. The first kappa shape index (κ1) is 14.8. The number of hydrogen-bond donors (Lipinski definition) is 1. The van der Waals surface area contributed by atoms with Crippen LogP contribution in [0.5, 0.6) is 0 Å². The zero-order valence-corrected chi connectivity index (χ0v) is 12.1. The largest absolute Gasteiger partial charge is 0.339 e. The van der Waals surface area contributed by atoms with E-state index < -0.39 is 4.92 Å². The van der Waals surface area contributed by atoms with Gasteiger partial charge in [0.2, 0.25) is 5.91 Å². The molecule has 108 valence electrons. The number of amides is 1. The number of hydrogen-bond acceptors (Lipinski definition) is 5. The zero-order chi connectivity index (χ0) is 14.5. The van der Waals surface area contributed by atoms with Gasteiger partial charge in [0.15, 0.2) is 0 Å². The van der Waals surface area contributed by atoms with Gasteiger partial charge in [-0.05, 0) is 13.0 Å². The van der Waals surface area contributed by atoms with Crippen LogP contribution in [0, 0.1) is 10.1 Å². The van der Waals surface area contributed by atoms with Crippen LogP contribution < -0.4 is 5.32 Å². The Morgan fingerprint density at radius 3 is 2.70 bits per heavy atom. The molecule has 1 heterocycles. The highest BCUT2D eigenvalue weighted by molar-refractivity contribution is 8.00. The number of thioether (sulfide) groups is 1. The molecule has 2 rings (SSSR count). The smallest absolute Gasteiger partial charge is 0.282 e. The molecule has 1 aromatic carbocycles. The molecule has 1 aromatic rings. The van der Waals surface area contributed by atoms with Gasteiger partial charge in [-0.3, -0.25) is 14.9 Å². The van der Waals surface area contributed by atoms with Crippen LogP contribution in [-0.2, 0) is 4.79 Å². The van der Waals surface area contributed by atoms with E-state index in [0.29, 0.717) is 18.0 Å². The van der Waals surface area contributed by atoms with Crippen LogP contribution in [0.4, 0.5) is 5.69 Å². The van der Waals surface area contributed by atoms with Crippen LogP contribution in [0.3, 0.4) is 0 Å². The summed E-state index contributed by atoms with van der Waals surface area (Å²) in [6.07, 6.45) is 0. The van der Waals surface area contributed by atoms with Crippen molar-refractivity contribution in [2.45, 2.75) is 17.1 Å². The van der Waals surface area contributed by atoms with E-state index >= 15 is 0 Å². The van der Waals surface area contributed by atoms with Crippen molar-refractivity contribution < 1.29 is 9.72 Å². The average Bonchev–Trinajstić information content (AvgIpc) is 2.47. The Kier molecular flexibility index (Phi) is 4.97. The summed E-state index contributed by atoms with van der Waals surface area (Å²) in [5, 5.41) is 13.8. The summed E-state index contributed by atoms with van der Waals surface area (Å²) in [5.41, 5.74) is 0.0532. The molecule has 1 unspecified atom stereocenters. The Morgan fingerprint density at radius 1 is 1.40 bits per heavy atom. The Labute approximate surface area is 121 Å². The molecule has 6 nitrogen and oxygen atoms in total. The minimum absolute atomic E-state index is 0.0367. The summed E-state index contributed by atoms with van der Waals surface area (Å²) in [6.45, 7) is 4.79. The molecule has 1 atom stereocenters. The molecule has 0 aromatic heterocycles. The second-order valence-electron chi connectivity index (χ2n) is 4.56. The van der Waals surface area contributed by atoms with E-state index in [0.717, 1.165) is 13.1 Å². The number of rotatable bonds is 4. The van der Waals surface area contributed by atoms with E-state index in [1.165, 1.54) is 17.8 Å². The Bertz CT molecular complexity index is 503. The molecule has 1 aliphatic rings. The molecule has 0 radical (unpaired) electrons. The maximum absolute atomic E-state index is 12.3. The van der Waals surface area contributed by atoms with Crippen molar-refractivity contribution in [2.75, 3.05) is 26.2 Å². The lowest BCUT2D eigenvalue weighted by molar-refractivity contribution is -0.387. The first-order chi connectivity index (χ1) is 9.59. The third kappa shape index (κ3) is 3.49. The van der Waals surface area contributed by atoms with Gasteiger partial charge in [0.25, 0.3) is 5.69 Å².